The van der Waals surface area contributed by atoms with Gasteiger partial charge in [0.2, 0.25) is 0 Å². The van der Waals surface area contributed by atoms with E-state index in [4.69, 9.17) is 0 Å². The van der Waals surface area contributed by atoms with Gasteiger partial charge in [-0.05, 0) is 154 Å². The molecular weight excluding hydrogens is 553 g/mol. The standard InChI is InChI=1S/C46H32/c1-25-12-7-13-26(2)38(25)45-37-24-36-31-19-6-5-18-30(31)32-20-11-23-35(41(32)36)42(37)46(39-27(3)14-8-15-28(39)4)44-34-22-10-17-29-16-9-21-33(40(29)34)43(44)45/h5-24H,1-4H3. The summed E-state index contributed by atoms with van der Waals surface area (Å²) in [5.41, 5.74) is 10.7. The molecule has 0 aliphatic rings. The molecule has 0 aromatic heterocycles. The number of benzene rings is 8. The minimum atomic E-state index is 1.30. The molecule has 0 aliphatic carbocycles. The van der Waals surface area contributed by atoms with Gasteiger partial charge in [0.05, 0.1) is 0 Å². The fourth-order valence-corrected chi connectivity index (χ4v) is 9.07. The fraction of sp³-hybridized carbons (Fsp3) is 0.0870. The van der Waals surface area contributed by atoms with Gasteiger partial charge in [-0.1, -0.05) is 115 Å². The summed E-state index contributed by atoms with van der Waals surface area (Å²) < 4.78 is 0. The first kappa shape index (κ1) is 25.8. The van der Waals surface area contributed by atoms with Crippen molar-refractivity contribution in [2.75, 3.05) is 0 Å². The Balaban J connectivity index is 1.65. The summed E-state index contributed by atoms with van der Waals surface area (Å²) in [7, 11) is 0. The Labute approximate surface area is 268 Å². The summed E-state index contributed by atoms with van der Waals surface area (Å²) in [6, 6.07) is 45.9. The maximum absolute atomic E-state index is 2.55. The molecule has 10 rings (SSSR count). The summed E-state index contributed by atoms with van der Waals surface area (Å²) in [6.45, 7) is 9.16. The smallest absolute Gasteiger partial charge is 0.000699 e. The minimum absolute atomic E-state index is 1.30. The lowest BCUT2D eigenvalue weighted by Crippen LogP contribution is -1.96. The van der Waals surface area contributed by atoms with Gasteiger partial charge in [-0.25, -0.2) is 0 Å². The van der Waals surface area contributed by atoms with Crippen LogP contribution in [0, 0.1) is 27.7 Å². The molecule has 46 heavy (non-hydrogen) atoms. The Morgan fingerprint density at radius 1 is 0.261 bits per heavy atom. The third kappa shape index (κ3) is 3.14. The van der Waals surface area contributed by atoms with Crippen molar-refractivity contribution >= 4 is 75.4 Å². The van der Waals surface area contributed by atoms with E-state index >= 15 is 0 Å². The number of aryl methyl sites for hydroxylation is 4. The van der Waals surface area contributed by atoms with E-state index in [1.165, 1.54) is 120 Å². The van der Waals surface area contributed by atoms with E-state index in [1.54, 1.807) is 0 Å². The van der Waals surface area contributed by atoms with Crippen molar-refractivity contribution in [3.05, 3.63) is 144 Å². The highest BCUT2D eigenvalue weighted by molar-refractivity contribution is 6.45. The Hall–Kier alpha value is -5.46. The average molecular weight is 585 g/mol. The molecule has 0 heteroatoms. The van der Waals surface area contributed by atoms with Crippen LogP contribution in [0.1, 0.15) is 22.3 Å². The molecule has 0 fully saturated rings. The number of hydrogen-bond acceptors (Lipinski definition) is 0. The topological polar surface area (TPSA) is 0 Å². The zero-order valence-electron chi connectivity index (χ0n) is 26.5. The van der Waals surface area contributed by atoms with Crippen molar-refractivity contribution in [3.8, 4) is 22.3 Å². The van der Waals surface area contributed by atoms with Gasteiger partial charge in [-0.15, -0.1) is 0 Å². The molecule has 0 atom stereocenters. The molecule has 0 saturated heterocycles. The lowest BCUT2D eigenvalue weighted by molar-refractivity contribution is 1.39. The maximum Gasteiger partial charge on any atom is -0.000699 e. The predicted molar refractivity (Wildman–Crippen MR) is 201 cm³/mol. The molecule has 0 aliphatic heterocycles. The third-order valence-corrected chi connectivity index (χ3v) is 10.8. The van der Waals surface area contributed by atoms with Crippen LogP contribution in [0.3, 0.4) is 0 Å². The Morgan fingerprint density at radius 2 is 0.696 bits per heavy atom. The van der Waals surface area contributed by atoms with Gasteiger partial charge in [0.25, 0.3) is 0 Å². The zero-order valence-corrected chi connectivity index (χ0v) is 26.5. The first-order valence-electron chi connectivity index (χ1n) is 16.4. The van der Waals surface area contributed by atoms with Crippen LogP contribution < -0.4 is 0 Å². The monoisotopic (exact) mass is 584 g/mol. The number of rotatable bonds is 2. The molecule has 0 spiro atoms. The van der Waals surface area contributed by atoms with Crippen LogP contribution in [0.25, 0.3) is 97.7 Å². The highest BCUT2D eigenvalue weighted by atomic mass is 14.3. The Morgan fingerprint density at radius 3 is 1.30 bits per heavy atom. The lowest BCUT2D eigenvalue weighted by Gasteiger charge is -2.22. The predicted octanol–water partition coefficient (Wildman–Crippen LogP) is 13.2. The highest BCUT2D eigenvalue weighted by Gasteiger charge is 2.28. The van der Waals surface area contributed by atoms with Crippen LogP contribution in [0.15, 0.2) is 121 Å². The first-order chi connectivity index (χ1) is 22.5. The van der Waals surface area contributed by atoms with Gasteiger partial charge in [-0.2, -0.15) is 0 Å². The zero-order chi connectivity index (χ0) is 30.8. The Kier molecular flexibility index (Phi) is 5.08. The van der Waals surface area contributed by atoms with Crippen molar-refractivity contribution < 1.29 is 0 Å². The lowest BCUT2D eigenvalue weighted by atomic mass is 9.80. The van der Waals surface area contributed by atoms with Crippen LogP contribution in [0.4, 0.5) is 0 Å². The molecule has 10 aromatic rings. The van der Waals surface area contributed by atoms with Gasteiger partial charge in [0.1, 0.15) is 0 Å². The number of fused-ring (bicyclic) bond motifs is 8. The second kappa shape index (κ2) is 9.05. The molecule has 0 bridgehead atoms. The molecular formula is C46H32. The van der Waals surface area contributed by atoms with Crippen molar-refractivity contribution in [1.29, 1.82) is 0 Å². The van der Waals surface area contributed by atoms with E-state index in [0.29, 0.717) is 0 Å². The van der Waals surface area contributed by atoms with E-state index in [0.717, 1.165) is 0 Å². The summed E-state index contributed by atoms with van der Waals surface area (Å²) >= 11 is 0. The normalized spacial score (nSPS) is 12.3. The second-order valence-electron chi connectivity index (χ2n) is 13.4. The van der Waals surface area contributed by atoms with Gasteiger partial charge in [0, 0.05) is 0 Å². The SMILES string of the molecule is Cc1cccc(C)c1-c1c2cc3c4ccccc4c4cccc(c2c(-c2c(C)cccc2C)c2c5cccc6cccc(c12)c65)c43. The van der Waals surface area contributed by atoms with E-state index in [1.807, 2.05) is 0 Å². The highest BCUT2D eigenvalue weighted by Crippen LogP contribution is 2.55. The molecule has 0 saturated carbocycles. The average Bonchev–Trinajstić information content (AvgIpc) is 3.57. The first-order valence-corrected chi connectivity index (χ1v) is 16.4. The molecule has 0 unspecified atom stereocenters. The van der Waals surface area contributed by atoms with Crippen molar-refractivity contribution in [2.45, 2.75) is 27.7 Å². The largest absolute Gasteiger partial charge is 0.0617 e. The summed E-state index contributed by atoms with van der Waals surface area (Å²) in [5, 5.41) is 18.9. The van der Waals surface area contributed by atoms with E-state index in [2.05, 4.69) is 149 Å². The fourth-order valence-electron chi connectivity index (χ4n) is 9.07. The van der Waals surface area contributed by atoms with Crippen LogP contribution in [0.2, 0.25) is 0 Å². The van der Waals surface area contributed by atoms with Crippen molar-refractivity contribution in [1.82, 2.24) is 0 Å². The van der Waals surface area contributed by atoms with Crippen molar-refractivity contribution in [3.63, 3.8) is 0 Å². The van der Waals surface area contributed by atoms with E-state index in [-0.39, 0.29) is 0 Å². The van der Waals surface area contributed by atoms with Gasteiger partial charge in [-0.3, -0.25) is 0 Å². The third-order valence-electron chi connectivity index (χ3n) is 10.8. The summed E-state index contributed by atoms with van der Waals surface area (Å²) in [5.74, 6) is 0. The van der Waals surface area contributed by atoms with E-state index < -0.39 is 0 Å². The second-order valence-corrected chi connectivity index (χ2v) is 13.4. The molecule has 0 nitrogen and oxygen atoms in total. The molecule has 10 aromatic carbocycles. The molecule has 0 radical (unpaired) electrons. The van der Waals surface area contributed by atoms with E-state index in [9.17, 15) is 0 Å². The molecule has 0 heterocycles. The quantitative estimate of drug-likeness (QED) is 0.177. The summed E-state index contributed by atoms with van der Waals surface area (Å²) in [4.78, 5) is 0. The van der Waals surface area contributed by atoms with Crippen LogP contribution in [-0.4, -0.2) is 0 Å². The molecule has 0 amide bonds. The molecule has 0 N–H and O–H groups in total. The van der Waals surface area contributed by atoms with Crippen molar-refractivity contribution in [2.24, 2.45) is 0 Å². The van der Waals surface area contributed by atoms with Gasteiger partial charge in [0.15, 0.2) is 0 Å². The van der Waals surface area contributed by atoms with Gasteiger partial charge < -0.3 is 0 Å². The van der Waals surface area contributed by atoms with Gasteiger partial charge >= 0.3 is 0 Å². The van der Waals surface area contributed by atoms with Crippen LogP contribution in [-0.2, 0) is 0 Å². The maximum atomic E-state index is 2.55. The molecule has 216 valence electrons. The number of hydrogen-bond donors (Lipinski definition) is 0. The minimum Gasteiger partial charge on any atom is -0.0617 e. The Bertz CT molecular complexity index is 2840. The van der Waals surface area contributed by atoms with Crippen LogP contribution in [0.5, 0.6) is 0 Å². The van der Waals surface area contributed by atoms with Crippen LogP contribution >= 0.6 is 0 Å². The summed E-state index contributed by atoms with van der Waals surface area (Å²) in [6.07, 6.45) is 0.